The summed E-state index contributed by atoms with van der Waals surface area (Å²) in [5.41, 5.74) is 2.32. The van der Waals surface area contributed by atoms with Crippen LogP contribution in [0.5, 0.6) is 0 Å². The predicted octanol–water partition coefficient (Wildman–Crippen LogP) is 5.15. The summed E-state index contributed by atoms with van der Waals surface area (Å²) in [4.78, 5) is 27.8. The second kappa shape index (κ2) is 9.21. The number of para-hydroxylation sites is 1. The van der Waals surface area contributed by atoms with Gasteiger partial charge in [-0.1, -0.05) is 45.9 Å². The Hall–Kier alpha value is -2.43. The third kappa shape index (κ3) is 3.91. The van der Waals surface area contributed by atoms with Crippen molar-refractivity contribution in [2.45, 2.75) is 18.2 Å². The molecule has 7 nitrogen and oxygen atoms in total. The van der Waals surface area contributed by atoms with E-state index in [1.165, 1.54) is 30.6 Å². The van der Waals surface area contributed by atoms with Crippen LogP contribution in [0.4, 0.5) is 11.4 Å². The van der Waals surface area contributed by atoms with E-state index < -0.39 is 16.3 Å². The van der Waals surface area contributed by atoms with E-state index in [-0.39, 0.29) is 11.7 Å². The van der Waals surface area contributed by atoms with Crippen molar-refractivity contribution >= 4 is 67.8 Å². The highest BCUT2D eigenvalue weighted by Gasteiger charge is 2.58. The lowest BCUT2D eigenvalue weighted by Crippen LogP contribution is -2.49. The van der Waals surface area contributed by atoms with Crippen LogP contribution >= 0.6 is 39.5 Å². The number of hydrogen-bond donors (Lipinski definition) is 0. The number of ether oxygens (including phenoxy) is 2. The van der Waals surface area contributed by atoms with E-state index in [2.05, 4.69) is 21.0 Å². The van der Waals surface area contributed by atoms with Crippen LogP contribution in [0.3, 0.4) is 0 Å². The Labute approximate surface area is 202 Å². The first kappa shape index (κ1) is 22.8. The molecule has 0 aromatic heterocycles. The van der Waals surface area contributed by atoms with Crippen molar-refractivity contribution in [2.75, 3.05) is 23.6 Å². The molecule has 2 aliphatic rings. The van der Waals surface area contributed by atoms with Crippen LogP contribution in [-0.2, 0) is 19.1 Å². The normalized spacial score (nSPS) is 20.1. The van der Waals surface area contributed by atoms with Crippen molar-refractivity contribution in [2.24, 2.45) is 5.10 Å². The predicted molar refractivity (Wildman–Crippen MR) is 132 cm³/mol. The standard InChI is InChI=1S/C22H20BrN3O4S2/c1-4-30-21(28)19-24-26(17-12-10-15(23)11-13-17)22(32-19)25(16-8-6-5-7-9-16)14(2)18(31-22)20(27)29-3/h5-13H,4H2,1-3H3/t22-/m0/s1. The Bertz CT molecular complexity index is 1110. The van der Waals surface area contributed by atoms with Gasteiger partial charge in [-0.2, -0.15) is 5.10 Å². The number of halogens is 1. The number of anilines is 2. The van der Waals surface area contributed by atoms with Gasteiger partial charge in [0.1, 0.15) is 4.91 Å². The minimum atomic E-state index is -0.995. The average molecular weight is 534 g/mol. The van der Waals surface area contributed by atoms with Crippen LogP contribution in [0.15, 0.2) is 74.8 Å². The van der Waals surface area contributed by atoms with Crippen molar-refractivity contribution in [3.63, 3.8) is 0 Å². The minimum Gasteiger partial charge on any atom is -0.465 e. The maximum Gasteiger partial charge on any atom is 0.365 e. The summed E-state index contributed by atoms with van der Waals surface area (Å²) >= 11 is 6.00. The molecule has 10 heteroatoms. The number of rotatable bonds is 5. The molecule has 0 radical (unpaired) electrons. The van der Waals surface area contributed by atoms with E-state index in [4.69, 9.17) is 9.47 Å². The second-order valence-corrected chi connectivity index (χ2v) is 10.3. The number of esters is 2. The SMILES string of the molecule is CCOC(=O)C1=NN(c2ccc(Br)cc2)[C@]2(S1)SC(C(=O)OC)=C(C)N2c1ccccc1. The van der Waals surface area contributed by atoms with Gasteiger partial charge in [-0.15, -0.1) is 0 Å². The molecule has 0 amide bonds. The molecule has 1 atom stereocenters. The summed E-state index contributed by atoms with van der Waals surface area (Å²) < 4.78 is 10.2. The van der Waals surface area contributed by atoms with Crippen LogP contribution in [0.1, 0.15) is 13.8 Å². The Morgan fingerprint density at radius 1 is 1.03 bits per heavy atom. The number of allylic oxidation sites excluding steroid dienone is 1. The van der Waals surface area contributed by atoms with Gasteiger partial charge in [0.05, 0.1) is 19.4 Å². The van der Waals surface area contributed by atoms with E-state index in [1.807, 2.05) is 66.4 Å². The molecule has 2 aliphatic heterocycles. The zero-order valence-corrected chi connectivity index (χ0v) is 20.8. The van der Waals surface area contributed by atoms with Gasteiger partial charge >= 0.3 is 11.9 Å². The molecule has 32 heavy (non-hydrogen) atoms. The number of nitrogens with zero attached hydrogens (tertiary/aromatic N) is 3. The number of thioether (sulfide) groups is 2. The van der Waals surface area contributed by atoms with E-state index in [1.54, 1.807) is 11.9 Å². The summed E-state index contributed by atoms with van der Waals surface area (Å²) in [5.74, 6) is -0.944. The summed E-state index contributed by atoms with van der Waals surface area (Å²) in [5, 5.41) is 6.62. The monoisotopic (exact) mass is 533 g/mol. The van der Waals surface area contributed by atoms with Crippen LogP contribution in [-0.4, -0.2) is 35.0 Å². The van der Waals surface area contributed by atoms with Crippen LogP contribution in [0.25, 0.3) is 0 Å². The molecule has 0 bridgehead atoms. The molecule has 166 valence electrons. The molecule has 2 heterocycles. The molecule has 0 unspecified atom stereocenters. The Kier molecular flexibility index (Phi) is 6.55. The van der Waals surface area contributed by atoms with Gasteiger partial charge in [-0.25, -0.2) is 14.6 Å². The molecule has 0 saturated carbocycles. The molecule has 0 aliphatic carbocycles. The lowest BCUT2D eigenvalue weighted by Gasteiger charge is -2.41. The van der Waals surface area contributed by atoms with E-state index in [9.17, 15) is 9.59 Å². The maximum atomic E-state index is 12.7. The highest BCUT2D eigenvalue weighted by atomic mass is 79.9. The average Bonchev–Trinajstić information content (AvgIpc) is 3.32. The number of hydrogen-bond acceptors (Lipinski definition) is 9. The summed E-state index contributed by atoms with van der Waals surface area (Å²) in [6.45, 7) is 3.86. The van der Waals surface area contributed by atoms with Gasteiger partial charge in [-0.05, 0) is 62.0 Å². The highest BCUT2D eigenvalue weighted by Crippen LogP contribution is 2.60. The molecule has 0 fully saturated rings. The molecule has 0 N–H and O–H groups in total. The number of benzene rings is 2. The Morgan fingerprint density at radius 2 is 1.72 bits per heavy atom. The van der Waals surface area contributed by atoms with Gasteiger partial charge in [0.2, 0.25) is 9.37 Å². The number of carbonyl (C=O) groups is 2. The number of carbonyl (C=O) groups excluding carboxylic acids is 2. The Balaban J connectivity index is 1.89. The molecular weight excluding hydrogens is 514 g/mol. The third-order valence-corrected chi connectivity index (χ3v) is 8.16. The van der Waals surface area contributed by atoms with E-state index in [0.717, 1.165) is 15.8 Å². The number of methoxy groups -OCH3 is 1. The number of hydrazone groups is 1. The topological polar surface area (TPSA) is 71.4 Å². The van der Waals surface area contributed by atoms with Gasteiger partial charge in [0, 0.05) is 15.9 Å². The minimum absolute atomic E-state index is 0.210. The van der Waals surface area contributed by atoms with Gasteiger partial charge in [-0.3, -0.25) is 0 Å². The largest absolute Gasteiger partial charge is 0.465 e. The molecule has 0 saturated heterocycles. The van der Waals surface area contributed by atoms with Gasteiger partial charge in [0.15, 0.2) is 0 Å². The van der Waals surface area contributed by atoms with Crippen molar-refractivity contribution in [1.29, 1.82) is 0 Å². The van der Waals surface area contributed by atoms with Gasteiger partial charge in [0.25, 0.3) is 0 Å². The van der Waals surface area contributed by atoms with Crippen molar-refractivity contribution < 1.29 is 19.1 Å². The third-order valence-electron chi connectivity index (χ3n) is 4.78. The Morgan fingerprint density at radius 3 is 2.34 bits per heavy atom. The fourth-order valence-electron chi connectivity index (χ4n) is 3.41. The van der Waals surface area contributed by atoms with Crippen LogP contribution in [0, 0.1) is 0 Å². The zero-order valence-electron chi connectivity index (χ0n) is 17.6. The fourth-order valence-corrected chi connectivity index (χ4v) is 6.65. The second-order valence-electron chi connectivity index (χ2n) is 6.74. The molecule has 2 aromatic carbocycles. The fraction of sp³-hybridized carbons (Fsp3) is 0.227. The smallest absolute Gasteiger partial charge is 0.365 e. The summed E-state index contributed by atoms with van der Waals surface area (Å²) in [7, 11) is 1.36. The van der Waals surface area contributed by atoms with E-state index >= 15 is 0 Å². The zero-order chi connectivity index (χ0) is 22.9. The molecule has 1 spiro atoms. The van der Waals surface area contributed by atoms with Crippen molar-refractivity contribution in [1.82, 2.24) is 0 Å². The first-order chi connectivity index (χ1) is 15.4. The van der Waals surface area contributed by atoms with Crippen LogP contribution < -0.4 is 9.91 Å². The summed E-state index contributed by atoms with van der Waals surface area (Å²) in [6.07, 6.45) is 0. The quantitative estimate of drug-likeness (QED) is 0.488. The summed E-state index contributed by atoms with van der Waals surface area (Å²) in [6, 6.07) is 17.3. The molecule has 4 rings (SSSR count). The lowest BCUT2D eigenvalue weighted by molar-refractivity contribution is -0.135. The first-order valence-corrected chi connectivity index (χ1v) is 12.2. The molecular formula is C22H20BrN3O4S2. The van der Waals surface area contributed by atoms with Crippen molar-refractivity contribution in [3.05, 3.63) is 69.7 Å². The van der Waals surface area contributed by atoms with E-state index in [0.29, 0.717) is 10.6 Å². The highest BCUT2D eigenvalue weighted by molar-refractivity contribution is 9.10. The van der Waals surface area contributed by atoms with Crippen LogP contribution in [0.2, 0.25) is 0 Å². The van der Waals surface area contributed by atoms with Gasteiger partial charge < -0.3 is 14.4 Å². The lowest BCUT2D eigenvalue weighted by atomic mass is 10.2. The van der Waals surface area contributed by atoms with Crippen molar-refractivity contribution in [3.8, 4) is 0 Å². The molecule has 2 aromatic rings. The maximum absolute atomic E-state index is 12.7. The first-order valence-electron chi connectivity index (χ1n) is 9.75.